The first-order valence-corrected chi connectivity index (χ1v) is 7.22. The molecule has 0 radical (unpaired) electrons. The lowest BCUT2D eigenvalue weighted by molar-refractivity contribution is -0.149. The summed E-state index contributed by atoms with van der Waals surface area (Å²) in [5.41, 5.74) is -0.0784. The van der Waals surface area contributed by atoms with Crippen LogP contribution in [0, 0.1) is 5.41 Å². The van der Waals surface area contributed by atoms with E-state index < -0.39 is 21.9 Å². The Bertz CT molecular complexity index is 438. The van der Waals surface area contributed by atoms with Gasteiger partial charge in [-0.1, -0.05) is 55.6 Å². The van der Waals surface area contributed by atoms with Gasteiger partial charge in [-0.15, -0.1) is 0 Å². The lowest BCUT2D eigenvalue weighted by Crippen LogP contribution is -2.41. The van der Waals surface area contributed by atoms with E-state index in [9.17, 15) is 4.79 Å². The highest BCUT2D eigenvalue weighted by Crippen LogP contribution is 2.42. The van der Waals surface area contributed by atoms with Crippen molar-refractivity contribution in [2.45, 2.75) is 50.1 Å². The lowest BCUT2D eigenvalue weighted by Gasteiger charge is -2.34. The van der Waals surface area contributed by atoms with E-state index >= 15 is 0 Å². The summed E-state index contributed by atoms with van der Waals surface area (Å²) < 4.78 is 5.02. The van der Waals surface area contributed by atoms with E-state index in [0.717, 1.165) is 0 Å². The largest absolute Gasteiger partial charge is 0.456 e. The fourth-order valence-electron chi connectivity index (χ4n) is 1.90. The van der Waals surface area contributed by atoms with E-state index in [1.807, 2.05) is 20.8 Å². The van der Waals surface area contributed by atoms with Crippen molar-refractivity contribution in [3.8, 4) is 0 Å². The van der Waals surface area contributed by atoms with Gasteiger partial charge in [-0.2, -0.15) is 5.10 Å². The number of ether oxygens (including phenoxy) is 1. The minimum Gasteiger partial charge on any atom is -0.456 e. The summed E-state index contributed by atoms with van der Waals surface area (Å²) in [5, 5.41) is 4.08. The van der Waals surface area contributed by atoms with Gasteiger partial charge in [0.15, 0.2) is 6.10 Å². The number of halogens is 3. The number of rotatable bonds is 4. The zero-order chi connectivity index (χ0) is 15.6. The van der Waals surface area contributed by atoms with Gasteiger partial charge in [0.1, 0.15) is 12.7 Å². The third kappa shape index (κ3) is 5.46. The Balaban J connectivity index is 3.14. The van der Waals surface area contributed by atoms with Crippen LogP contribution < -0.4 is 0 Å². The number of esters is 1. The van der Waals surface area contributed by atoms with Crippen molar-refractivity contribution >= 4 is 40.8 Å². The fraction of sp³-hybridized carbons (Fsp3) is 0.750. The van der Waals surface area contributed by atoms with Crippen molar-refractivity contribution in [1.29, 1.82) is 0 Å². The molecule has 0 aromatic carbocycles. The van der Waals surface area contributed by atoms with E-state index in [1.165, 1.54) is 19.6 Å². The normalized spacial score (nSPS) is 15.8. The SMILES string of the molecule is CC(=O)OC(C(CC(C)(C)C)n1cncn1)C(Cl)(Cl)Cl. The van der Waals surface area contributed by atoms with Gasteiger partial charge in [0.2, 0.25) is 3.79 Å². The van der Waals surface area contributed by atoms with Crippen LogP contribution in [-0.2, 0) is 9.53 Å². The summed E-state index contributed by atoms with van der Waals surface area (Å²) >= 11 is 17.9. The van der Waals surface area contributed by atoms with E-state index in [4.69, 9.17) is 39.5 Å². The topological polar surface area (TPSA) is 57.0 Å². The number of carbonyl (C=O) groups excluding carboxylic acids is 1. The maximum Gasteiger partial charge on any atom is 0.303 e. The number of nitrogens with zero attached hydrogens (tertiary/aromatic N) is 3. The summed E-state index contributed by atoms with van der Waals surface area (Å²) in [6.45, 7) is 7.40. The first kappa shape index (κ1) is 17.5. The van der Waals surface area contributed by atoms with Gasteiger partial charge in [0.05, 0.1) is 6.04 Å². The van der Waals surface area contributed by atoms with Crippen molar-refractivity contribution in [1.82, 2.24) is 14.8 Å². The molecule has 0 aliphatic carbocycles. The molecule has 0 aliphatic rings. The monoisotopic (exact) mass is 341 g/mol. The Morgan fingerprint density at radius 3 is 2.30 bits per heavy atom. The molecule has 1 heterocycles. The molecule has 0 saturated heterocycles. The predicted molar refractivity (Wildman–Crippen MR) is 79.0 cm³/mol. The van der Waals surface area contributed by atoms with Crippen molar-refractivity contribution < 1.29 is 9.53 Å². The Labute approximate surface area is 133 Å². The molecule has 0 bridgehead atoms. The molecule has 0 fully saturated rings. The van der Waals surface area contributed by atoms with Crippen molar-refractivity contribution in [3.05, 3.63) is 12.7 Å². The predicted octanol–water partition coefficient (Wildman–Crippen LogP) is 3.56. The lowest BCUT2D eigenvalue weighted by atomic mass is 9.86. The minimum absolute atomic E-state index is 0.0784. The molecule has 0 spiro atoms. The van der Waals surface area contributed by atoms with Gasteiger partial charge in [0, 0.05) is 6.92 Å². The van der Waals surface area contributed by atoms with Crippen LogP contribution in [0.1, 0.15) is 40.2 Å². The second kappa shape index (κ2) is 6.50. The van der Waals surface area contributed by atoms with Crippen LogP contribution in [0.4, 0.5) is 0 Å². The van der Waals surface area contributed by atoms with Gasteiger partial charge in [-0.3, -0.25) is 4.79 Å². The maximum absolute atomic E-state index is 11.3. The van der Waals surface area contributed by atoms with Gasteiger partial charge in [-0.05, 0) is 11.8 Å². The van der Waals surface area contributed by atoms with Crippen LogP contribution in [0.25, 0.3) is 0 Å². The zero-order valence-corrected chi connectivity index (χ0v) is 14.1. The van der Waals surface area contributed by atoms with E-state index in [1.54, 1.807) is 4.68 Å². The van der Waals surface area contributed by atoms with E-state index in [0.29, 0.717) is 6.42 Å². The molecule has 20 heavy (non-hydrogen) atoms. The number of aromatic nitrogens is 3. The first-order chi connectivity index (χ1) is 9.00. The molecule has 114 valence electrons. The molecular weight excluding hydrogens is 325 g/mol. The molecule has 8 heteroatoms. The van der Waals surface area contributed by atoms with Crippen LogP contribution in [0.5, 0.6) is 0 Å². The molecule has 0 aliphatic heterocycles. The summed E-state index contributed by atoms with van der Waals surface area (Å²) in [6.07, 6.45) is 2.55. The van der Waals surface area contributed by atoms with Gasteiger partial charge in [-0.25, -0.2) is 9.67 Å². The third-order valence-electron chi connectivity index (χ3n) is 2.56. The number of alkyl halides is 3. The molecular formula is C12H18Cl3N3O2. The summed E-state index contributed by atoms with van der Waals surface area (Å²) in [6, 6.07) is -0.422. The number of carbonyl (C=O) groups is 1. The molecule has 0 saturated carbocycles. The molecule has 1 rings (SSSR count). The Kier molecular flexibility index (Phi) is 5.70. The highest BCUT2D eigenvalue weighted by molar-refractivity contribution is 6.68. The summed E-state index contributed by atoms with van der Waals surface area (Å²) in [5.74, 6) is -0.514. The molecule has 0 amide bonds. The Morgan fingerprint density at radius 2 is 1.95 bits per heavy atom. The number of hydrogen-bond donors (Lipinski definition) is 0. The van der Waals surface area contributed by atoms with E-state index in [-0.39, 0.29) is 5.41 Å². The second-order valence-electron chi connectivity index (χ2n) is 5.78. The molecule has 1 aromatic heterocycles. The first-order valence-electron chi connectivity index (χ1n) is 6.09. The minimum atomic E-state index is -1.76. The van der Waals surface area contributed by atoms with Crippen molar-refractivity contribution in [3.63, 3.8) is 0 Å². The summed E-state index contributed by atoms with van der Waals surface area (Å²) in [7, 11) is 0. The number of hydrogen-bond acceptors (Lipinski definition) is 4. The highest BCUT2D eigenvalue weighted by Gasteiger charge is 2.44. The van der Waals surface area contributed by atoms with E-state index in [2.05, 4.69) is 10.1 Å². The van der Waals surface area contributed by atoms with Crippen molar-refractivity contribution in [2.24, 2.45) is 5.41 Å². The molecule has 2 unspecified atom stereocenters. The van der Waals surface area contributed by atoms with Gasteiger partial charge >= 0.3 is 5.97 Å². The van der Waals surface area contributed by atoms with Crippen LogP contribution in [0.15, 0.2) is 12.7 Å². The molecule has 5 nitrogen and oxygen atoms in total. The fourth-order valence-corrected chi connectivity index (χ4v) is 2.47. The second-order valence-corrected chi connectivity index (χ2v) is 8.15. The molecule has 2 atom stereocenters. The van der Waals surface area contributed by atoms with Crippen LogP contribution in [0.3, 0.4) is 0 Å². The smallest absolute Gasteiger partial charge is 0.303 e. The third-order valence-corrected chi connectivity index (χ3v) is 3.21. The average Bonchev–Trinajstić information content (AvgIpc) is 2.72. The maximum atomic E-state index is 11.3. The van der Waals surface area contributed by atoms with Crippen LogP contribution in [0.2, 0.25) is 0 Å². The summed E-state index contributed by atoms with van der Waals surface area (Å²) in [4.78, 5) is 15.2. The quantitative estimate of drug-likeness (QED) is 0.620. The average molecular weight is 343 g/mol. The Morgan fingerprint density at radius 1 is 1.35 bits per heavy atom. The zero-order valence-electron chi connectivity index (χ0n) is 11.8. The standard InChI is InChI=1S/C12H18Cl3N3O2/c1-8(19)20-10(12(13,14)15)9(5-11(2,3)4)18-7-16-6-17-18/h6-7,9-10H,5H2,1-4H3. The van der Waals surface area contributed by atoms with Crippen LogP contribution >= 0.6 is 34.8 Å². The van der Waals surface area contributed by atoms with Crippen LogP contribution in [-0.4, -0.2) is 30.6 Å². The van der Waals surface area contributed by atoms with Gasteiger partial charge < -0.3 is 4.74 Å². The Hall–Kier alpha value is -0.520. The van der Waals surface area contributed by atoms with Gasteiger partial charge in [0.25, 0.3) is 0 Å². The highest BCUT2D eigenvalue weighted by atomic mass is 35.6. The molecule has 0 N–H and O–H groups in total. The van der Waals surface area contributed by atoms with Crippen molar-refractivity contribution in [2.75, 3.05) is 0 Å². The molecule has 1 aromatic rings.